The van der Waals surface area contributed by atoms with Crippen LogP contribution < -0.4 is 11.5 Å². The Bertz CT molecular complexity index is 1320. The van der Waals surface area contributed by atoms with E-state index in [2.05, 4.69) is 9.97 Å². The van der Waals surface area contributed by atoms with Crippen LogP contribution in [0.2, 0.25) is 5.02 Å². The molecule has 5 rings (SSSR count). The number of hydrogen-bond donors (Lipinski definition) is 2. The van der Waals surface area contributed by atoms with Crippen molar-refractivity contribution in [1.82, 2.24) is 14.3 Å². The van der Waals surface area contributed by atoms with E-state index in [1.54, 1.807) is 18.2 Å². The highest BCUT2D eigenvalue weighted by atomic mass is 35.5. The van der Waals surface area contributed by atoms with Crippen molar-refractivity contribution >= 4 is 33.3 Å². The van der Waals surface area contributed by atoms with E-state index in [9.17, 15) is 8.42 Å². The highest BCUT2D eigenvalue weighted by Crippen LogP contribution is 2.42. The van der Waals surface area contributed by atoms with Crippen molar-refractivity contribution in [3.63, 3.8) is 0 Å². The molecule has 166 valence electrons. The first-order valence-electron chi connectivity index (χ1n) is 10.3. The predicted molar refractivity (Wildman–Crippen MR) is 124 cm³/mol. The molecule has 1 fully saturated rings. The largest absolute Gasteiger partial charge is 0.399 e. The van der Waals surface area contributed by atoms with Crippen LogP contribution in [0.5, 0.6) is 0 Å². The number of nitrogens with zero attached hydrogens (tertiary/aromatic N) is 3. The van der Waals surface area contributed by atoms with Crippen LogP contribution in [-0.4, -0.2) is 49.0 Å². The van der Waals surface area contributed by atoms with Crippen LogP contribution in [0, 0.1) is 0 Å². The first kappa shape index (κ1) is 21.1. The van der Waals surface area contributed by atoms with Crippen LogP contribution in [-0.2, 0) is 27.6 Å². The molecule has 0 bridgehead atoms. The van der Waals surface area contributed by atoms with E-state index in [0.717, 1.165) is 27.9 Å². The number of hydrogen-bond acceptors (Lipinski definition) is 7. The van der Waals surface area contributed by atoms with Gasteiger partial charge in [0.1, 0.15) is 4.90 Å². The fraction of sp³-hybridized carbons (Fsp3) is 0.273. The smallest absolute Gasteiger partial charge is 0.244 e. The zero-order valence-electron chi connectivity index (χ0n) is 17.2. The highest BCUT2D eigenvalue weighted by Gasteiger charge is 2.31. The number of nitrogens with two attached hydrogens (primary N) is 2. The summed E-state index contributed by atoms with van der Waals surface area (Å²) in [6.45, 7) is 1.30. The van der Waals surface area contributed by atoms with E-state index in [-0.39, 0.29) is 15.9 Å². The summed E-state index contributed by atoms with van der Waals surface area (Å²) in [7, 11) is -3.79. The number of rotatable bonds is 3. The lowest BCUT2D eigenvalue weighted by Gasteiger charge is -2.28. The Morgan fingerprint density at radius 1 is 1.03 bits per heavy atom. The molecule has 3 aromatic rings. The fourth-order valence-electron chi connectivity index (χ4n) is 4.30. The van der Waals surface area contributed by atoms with Crippen LogP contribution in [0.3, 0.4) is 0 Å². The Kier molecular flexibility index (Phi) is 5.29. The number of nitrogen functional groups attached to an aromatic ring is 2. The van der Waals surface area contributed by atoms with Gasteiger partial charge in [-0.15, -0.1) is 0 Å². The Morgan fingerprint density at radius 3 is 2.56 bits per heavy atom. The molecule has 2 aromatic carbocycles. The van der Waals surface area contributed by atoms with Gasteiger partial charge in [-0.05, 0) is 48.2 Å². The monoisotopic (exact) mass is 471 g/mol. The third kappa shape index (κ3) is 3.61. The minimum absolute atomic E-state index is 0.0722. The maximum Gasteiger partial charge on any atom is 0.244 e. The van der Waals surface area contributed by atoms with Crippen molar-refractivity contribution in [2.45, 2.75) is 17.7 Å². The molecule has 0 spiro atoms. The summed E-state index contributed by atoms with van der Waals surface area (Å²) in [5.41, 5.74) is 17.3. The summed E-state index contributed by atoms with van der Waals surface area (Å²) in [5, 5.41) is 0.209. The summed E-state index contributed by atoms with van der Waals surface area (Å²) in [5.74, 6) is 0.166. The van der Waals surface area contributed by atoms with E-state index in [1.165, 1.54) is 4.31 Å². The predicted octanol–water partition coefficient (Wildman–Crippen LogP) is 2.75. The SMILES string of the molecule is Nc1cccc(-c2nc(N)nc3c2-c2cc(S(=O)(=O)N4CCOCC4)c(Cl)cc2CC3)c1. The first-order chi connectivity index (χ1) is 15.3. The molecular formula is C22H22ClN5O3S. The van der Waals surface area contributed by atoms with Gasteiger partial charge in [-0.1, -0.05) is 23.7 Å². The van der Waals surface area contributed by atoms with Gasteiger partial charge in [-0.2, -0.15) is 4.31 Å². The number of morpholine rings is 1. The fourth-order valence-corrected chi connectivity index (χ4v) is 6.25. The van der Waals surface area contributed by atoms with Gasteiger partial charge in [0.25, 0.3) is 0 Å². The van der Waals surface area contributed by atoms with Gasteiger partial charge in [0.2, 0.25) is 16.0 Å². The van der Waals surface area contributed by atoms with Gasteiger partial charge in [-0.25, -0.2) is 18.4 Å². The second-order valence-electron chi connectivity index (χ2n) is 7.83. The van der Waals surface area contributed by atoms with Crippen LogP contribution in [0.25, 0.3) is 22.4 Å². The number of aryl methyl sites for hydroxylation is 2. The summed E-state index contributed by atoms with van der Waals surface area (Å²) in [4.78, 5) is 9.03. The third-order valence-corrected chi connectivity index (χ3v) is 8.17. The number of benzene rings is 2. The molecule has 0 atom stereocenters. The van der Waals surface area contributed by atoms with E-state index in [0.29, 0.717) is 50.5 Å². The van der Waals surface area contributed by atoms with E-state index in [1.807, 2.05) is 18.2 Å². The second-order valence-corrected chi connectivity index (χ2v) is 10.1. The van der Waals surface area contributed by atoms with Gasteiger partial charge in [0.15, 0.2) is 0 Å². The maximum absolute atomic E-state index is 13.4. The molecule has 2 heterocycles. The highest BCUT2D eigenvalue weighted by molar-refractivity contribution is 7.89. The molecule has 0 unspecified atom stereocenters. The molecule has 1 saturated heterocycles. The Morgan fingerprint density at radius 2 is 1.81 bits per heavy atom. The molecule has 2 aliphatic rings. The van der Waals surface area contributed by atoms with Gasteiger partial charge in [0.05, 0.1) is 29.6 Å². The molecule has 1 aromatic heterocycles. The number of halogens is 1. The Balaban J connectivity index is 1.72. The topological polar surface area (TPSA) is 124 Å². The molecule has 0 amide bonds. The van der Waals surface area contributed by atoms with Crippen molar-refractivity contribution in [1.29, 1.82) is 0 Å². The summed E-state index contributed by atoms with van der Waals surface area (Å²) >= 11 is 6.49. The molecule has 8 nitrogen and oxygen atoms in total. The van der Waals surface area contributed by atoms with Gasteiger partial charge < -0.3 is 16.2 Å². The maximum atomic E-state index is 13.4. The second kappa shape index (κ2) is 8.00. The standard InChI is InChI=1S/C22H22ClN5O3S/c23-17-11-13-4-5-18-20(21(27-22(25)26-18)14-2-1-3-15(24)10-14)16(13)12-19(17)32(29,30)28-6-8-31-9-7-28/h1-3,10-12H,4-9,24H2,(H2,25,26,27). The van der Waals surface area contributed by atoms with E-state index in [4.69, 9.17) is 27.8 Å². The molecule has 1 aliphatic carbocycles. The lowest BCUT2D eigenvalue weighted by Crippen LogP contribution is -2.40. The van der Waals surface area contributed by atoms with Crippen LogP contribution in [0.15, 0.2) is 41.3 Å². The molecule has 32 heavy (non-hydrogen) atoms. The number of ether oxygens (including phenoxy) is 1. The minimum atomic E-state index is -3.79. The van der Waals surface area contributed by atoms with Crippen LogP contribution >= 0.6 is 11.6 Å². The number of fused-ring (bicyclic) bond motifs is 3. The summed E-state index contributed by atoms with van der Waals surface area (Å²) in [6.07, 6.45) is 1.32. The molecule has 1 aliphatic heterocycles. The molecule has 0 radical (unpaired) electrons. The summed E-state index contributed by atoms with van der Waals surface area (Å²) in [6, 6.07) is 10.7. The van der Waals surface area contributed by atoms with Crippen molar-refractivity contribution < 1.29 is 13.2 Å². The third-order valence-electron chi connectivity index (χ3n) is 5.81. The van der Waals surface area contributed by atoms with E-state index >= 15 is 0 Å². The summed E-state index contributed by atoms with van der Waals surface area (Å²) < 4.78 is 33.5. The van der Waals surface area contributed by atoms with Crippen molar-refractivity contribution in [2.75, 3.05) is 37.8 Å². The quantitative estimate of drug-likeness (QED) is 0.562. The molecule has 0 saturated carbocycles. The average Bonchev–Trinajstić information content (AvgIpc) is 2.78. The molecule has 10 heteroatoms. The lowest BCUT2D eigenvalue weighted by atomic mass is 9.86. The number of aromatic nitrogens is 2. The van der Waals surface area contributed by atoms with Crippen LogP contribution in [0.4, 0.5) is 11.6 Å². The van der Waals surface area contributed by atoms with E-state index < -0.39 is 10.0 Å². The lowest BCUT2D eigenvalue weighted by molar-refractivity contribution is 0.0730. The Labute approximate surface area is 191 Å². The zero-order valence-corrected chi connectivity index (χ0v) is 18.8. The van der Waals surface area contributed by atoms with Crippen molar-refractivity contribution in [3.05, 3.63) is 52.7 Å². The number of sulfonamides is 1. The average molecular weight is 472 g/mol. The Hall–Kier alpha value is -2.72. The van der Waals surface area contributed by atoms with Gasteiger partial charge >= 0.3 is 0 Å². The molecular weight excluding hydrogens is 450 g/mol. The van der Waals surface area contributed by atoms with Gasteiger partial charge in [0, 0.05) is 29.9 Å². The van der Waals surface area contributed by atoms with Crippen LogP contribution in [0.1, 0.15) is 11.3 Å². The van der Waals surface area contributed by atoms with Crippen molar-refractivity contribution in [2.24, 2.45) is 0 Å². The first-order valence-corrected chi connectivity index (χ1v) is 12.1. The van der Waals surface area contributed by atoms with Crippen molar-refractivity contribution in [3.8, 4) is 22.4 Å². The number of anilines is 2. The van der Waals surface area contributed by atoms with Gasteiger partial charge in [-0.3, -0.25) is 0 Å². The minimum Gasteiger partial charge on any atom is -0.399 e. The zero-order chi connectivity index (χ0) is 22.5. The normalized spacial score (nSPS) is 16.4. The molecule has 4 N–H and O–H groups in total.